The number of fused-ring (bicyclic) bond motifs is 1. The standard InChI is InChI=1S/C28H29N5O3/c1-18-15-21(10-12-24(18)36-22-11-9-19(2)29-16-22)32-27-26-23(30-17-31-27)7-6-8-25(26)35-20(3)28(34)33-13-4-5-14-33/h6-12,15-17,20H,4-5,13-14H2,1-3H3,(H,30,31,32)/t20-/m1/s1. The molecule has 36 heavy (non-hydrogen) atoms. The van der Waals surface area contributed by atoms with Crippen LogP contribution in [0.2, 0.25) is 0 Å². The van der Waals surface area contributed by atoms with E-state index in [1.807, 2.05) is 67.3 Å². The third-order valence-electron chi connectivity index (χ3n) is 6.24. The van der Waals surface area contributed by atoms with Crippen LogP contribution >= 0.6 is 0 Å². The zero-order chi connectivity index (χ0) is 25.1. The molecule has 1 aliphatic heterocycles. The van der Waals surface area contributed by atoms with E-state index in [4.69, 9.17) is 9.47 Å². The molecule has 8 heteroatoms. The number of ether oxygens (including phenoxy) is 2. The van der Waals surface area contributed by atoms with Gasteiger partial charge in [-0.1, -0.05) is 6.07 Å². The van der Waals surface area contributed by atoms with Crippen LogP contribution in [0.3, 0.4) is 0 Å². The Hall–Kier alpha value is -4.20. The van der Waals surface area contributed by atoms with Crippen molar-refractivity contribution in [1.29, 1.82) is 0 Å². The predicted molar refractivity (Wildman–Crippen MR) is 139 cm³/mol. The van der Waals surface area contributed by atoms with Gasteiger partial charge in [-0.3, -0.25) is 9.78 Å². The van der Waals surface area contributed by atoms with Gasteiger partial charge >= 0.3 is 0 Å². The van der Waals surface area contributed by atoms with E-state index in [-0.39, 0.29) is 5.91 Å². The summed E-state index contributed by atoms with van der Waals surface area (Å²) in [5.74, 6) is 2.61. The molecule has 0 radical (unpaired) electrons. The van der Waals surface area contributed by atoms with Crippen molar-refractivity contribution < 1.29 is 14.3 Å². The number of amides is 1. The third kappa shape index (κ3) is 5.07. The quantitative estimate of drug-likeness (QED) is 0.368. The first-order valence-electron chi connectivity index (χ1n) is 12.2. The van der Waals surface area contributed by atoms with Crippen molar-refractivity contribution >= 4 is 28.3 Å². The minimum atomic E-state index is -0.600. The Morgan fingerprint density at radius 3 is 2.58 bits per heavy atom. The van der Waals surface area contributed by atoms with E-state index < -0.39 is 6.10 Å². The number of nitrogens with zero attached hydrogens (tertiary/aromatic N) is 4. The van der Waals surface area contributed by atoms with Crippen molar-refractivity contribution in [3.63, 3.8) is 0 Å². The number of anilines is 2. The number of likely N-dealkylation sites (tertiary alicyclic amines) is 1. The molecule has 1 fully saturated rings. The Kier molecular flexibility index (Phi) is 6.66. The summed E-state index contributed by atoms with van der Waals surface area (Å²) >= 11 is 0. The summed E-state index contributed by atoms with van der Waals surface area (Å²) in [4.78, 5) is 27.9. The van der Waals surface area contributed by atoms with Crippen molar-refractivity contribution in [3.05, 3.63) is 72.3 Å². The molecule has 2 aromatic carbocycles. The molecule has 1 amide bonds. The number of hydrogen-bond acceptors (Lipinski definition) is 7. The van der Waals surface area contributed by atoms with Crippen LogP contribution in [0.1, 0.15) is 31.0 Å². The first-order valence-corrected chi connectivity index (χ1v) is 12.2. The van der Waals surface area contributed by atoms with E-state index in [0.717, 1.165) is 59.5 Å². The first-order chi connectivity index (χ1) is 17.5. The fourth-order valence-electron chi connectivity index (χ4n) is 4.33. The summed E-state index contributed by atoms with van der Waals surface area (Å²) in [6.45, 7) is 7.30. The molecule has 0 bridgehead atoms. The molecule has 0 saturated carbocycles. The highest BCUT2D eigenvalue weighted by Crippen LogP contribution is 2.34. The summed E-state index contributed by atoms with van der Waals surface area (Å²) in [5, 5.41) is 4.12. The van der Waals surface area contributed by atoms with E-state index in [1.165, 1.54) is 6.33 Å². The maximum Gasteiger partial charge on any atom is 0.263 e. The van der Waals surface area contributed by atoms with Gasteiger partial charge in [0.1, 0.15) is 29.4 Å². The van der Waals surface area contributed by atoms with Crippen molar-refractivity contribution in [2.75, 3.05) is 18.4 Å². The monoisotopic (exact) mass is 483 g/mol. The largest absolute Gasteiger partial charge is 0.480 e. The number of aryl methyl sites for hydroxylation is 2. The highest BCUT2D eigenvalue weighted by atomic mass is 16.5. The second-order valence-corrected chi connectivity index (χ2v) is 9.01. The van der Waals surface area contributed by atoms with Crippen LogP contribution in [0, 0.1) is 13.8 Å². The van der Waals surface area contributed by atoms with Gasteiger partial charge in [-0.2, -0.15) is 0 Å². The van der Waals surface area contributed by atoms with Gasteiger partial charge in [0, 0.05) is 24.5 Å². The normalized spacial score (nSPS) is 14.0. The average molecular weight is 484 g/mol. The lowest BCUT2D eigenvalue weighted by molar-refractivity contribution is -0.136. The van der Waals surface area contributed by atoms with Crippen LogP contribution in [0.15, 0.2) is 61.1 Å². The molecule has 0 aliphatic carbocycles. The fraction of sp³-hybridized carbons (Fsp3) is 0.286. The molecule has 184 valence electrons. The molecule has 4 aromatic rings. The van der Waals surface area contributed by atoms with Crippen LogP contribution in [-0.4, -0.2) is 45.0 Å². The zero-order valence-electron chi connectivity index (χ0n) is 20.7. The molecule has 1 atom stereocenters. The van der Waals surface area contributed by atoms with Crippen molar-refractivity contribution in [1.82, 2.24) is 19.9 Å². The molecule has 0 spiro atoms. The number of carbonyl (C=O) groups is 1. The first kappa shape index (κ1) is 23.5. The Morgan fingerprint density at radius 1 is 1.00 bits per heavy atom. The number of hydrogen-bond donors (Lipinski definition) is 1. The van der Waals surface area contributed by atoms with E-state index in [1.54, 1.807) is 13.1 Å². The SMILES string of the molecule is Cc1ccc(Oc2ccc(Nc3ncnc4cccc(O[C@H](C)C(=O)N5CCCC5)c34)cc2C)cn1. The van der Waals surface area contributed by atoms with Crippen molar-refractivity contribution in [3.8, 4) is 17.2 Å². The van der Waals surface area contributed by atoms with Gasteiger partial charge in [-0.25, -0.2) is 9.97 Å². The summed E-state index contributed by atoms with van der Waals surface area (Å²) in [6, 6.07) is 15.3. The van der Waals surface area contributed by atoms with Crippen LogP contribution in [0.25, 0.3) is 10.9 Å². The van der Waals surface area contributed by atoms with Crippen molar-refractivity contribution in [2.45, 2.75) is 39.7 Å². The average Bonchev–Trinajstić information content (AvgIpc) is 3.42. The maximum atomic E-state index is 12.8. The lowest BCUT2D eigenvalue weighted by Crippen LogP contribution is -2.38. The Balaban J connectivity index is 1.38. The van der Waals surface area contributed by atoms with Crippen LogP contribution in [-0.2, 0) is 4.79 Å². The Labute approximate surface area is 210 Å². The topological polar surface area (TPSA) is 89.5 Å². The van der Waals surface area contributed by atoms with Gasteiger partial charge in [0.15, 0.2) is 6.10 Å². The zero-order valence-corrected chi connectivity index (χ0v) is 20.7. The minimum absolute atomic E-state index is 0.00542. The van der Waals surface area contributed by atoms with Gasteiger partial charge in [0.25, 0.3) is 5.91 Å². The second-order valence-electron chi connectivity index (χ2n) is 9.01. The number of carbonyl (C=O) groups excluding carboxylic acids is 1. The fourth-order valence-corrected chi connectivity index (χ4v) is 4.33. The number of pyridine rings is 1. The molecule has 5 rings (SSSR count). The number of benzene rings is 2. The maximum absolute atomic E-state index is 12.8. The second kappa shape index (κ2) is 10.2. The molecule has 8 nitrogen and oxygen atoms in total. The van der Waals surface area contributed by atoms with Gasteiger partial charge in [0.05, 0.1) is 17.1 Å². The third-order valence-corrected chi connectivity index (χ3v) is 6.24. The summed E-state index contributed by atoms with van der Waals surface area (Å²) in [7, 11) is 0. The number of aromatic nitrogens is 3. The molecule has 1 N–H and O–H groups in total. The van der Waals surface area contributed by atoms with Gasteiger partial charge in [-0.05, 0) is 81.6 Å². The van der Waals surface area contributed by atoms with E-state index in [2.05, 4.69) is 20.3 Å². The minimum Gasteiger partial charge on any atom is -0.480 e. The molecule has 3 heterocycles. The highest BCUT2D eigenvalue weighted by molar-refractivity contribution is 5.96. The Morgan fingerprint density at radius 2 is 1.83 bits per heavy atom. The smallest absolute Gasteiger partial charge is 0.263 e. The number of rotatable bonds is 7. The molecule has 1 aliphatic rings. The molecule has 0 unspecified atom stereocenters. The summed E-state index contributed by atoms with van der Waals surface area (Å²) in [5.41, 5.74) is 3.47. The van der Waals surface area contributed by atoms with Gasteiger partial charge in [0.2, 0.25) is 0 Å². The van der Waals surface area contributed by atoms with Crippen molar-refractivity contribution in [2.24, 2.45) is 0 Å². The van der Waals surface area contributed by atoms with Crippen LogP contribution in [0.5, 0.6) is 17.2 Å². The molecular formula is C28H29N5O3. The summed E-state index contributed by atoms with van der Waals surface area (Å²) in [6.07, 6.45) is 4.71. The van der Waals surface area contributed by atoms with Gasteiger partial charge in [-0.15, -0.1) is 0 Å². The predicted octanol–water partition coefficient (Wildman–Crippen LogP) is 5.57. The van der Waals surface area contributed by atoms with E-state index in [9.17, 15) is 4.79 Å². The van der Waals surface area contributed by atoms with E-state index in [0.29, 0.717) is 17.3 Å². The van der Waals surface area contributed by atoms with Crippen LogP contribution in [0.4, 0.5) is 11.5 Å². The molecule has 2 aromatic heterocycles. The van der Waals surface area contributed by atoms with Gasteiger partial charge < -0.3 is 19.7 Å². The molecular weight excluding hydrogens is 454 g/mol. The Bertz CT molecular complexity index is 1380. The molecule has 1 saturated heterocycles. The van der Waals surface area contributed by atoms with Crippen LogP contribution < -0.4 is 14.8 Å². The summed E-state index contributed by atoms with van der Waals surface area (Å²) < 4.78 is 12.2. The lowest BCUT2D eigenvalue weighted by Gasteiger charge is -2.22. The number of nitrogens with one attached hydrogen (secondary N) is 1. The van der Waals surface area contributed by atoms with E-state index >= 15 is 0 Å². The highest BCUT2D eigenvalue weighted by Gasteiger charge is 2.25. The lowest BCUT2D eigenvalue weighted by atomic mass is 10.1.